The van der Waals surface area contributed by atoms with Crippen LogP contribution in [-0.4, -0.2) is 33.2 Å². The summed E-state index contributed by atoms with van der Waals surface area (Å²) in [6, 6.07) is 18.3. The molecule has 0 bridgehead atoms. The van der Waals surface area contributed by atoms with Crippen LogP contribution in [0.2, 0.25) is 0 Å². The second-order valence-corrected chi connectivity index (χ2v) is 8.35. The molecule has 0 saturated carbocycles. The van der Waals surface area contributed by atoms with Crippen LogP contribution < -0.4 is 14.8 Å². The Hall–Kier alpha value is -3.92. The lowest BCUT2D eigenvalue weighted by molar-refractivity contribution is -0.113. The summed E-state index contributed by atoms with van der Waals surface area (Å²) in [4.78, 5) is 12.4. The van der Waals surface area contributed by atoms with Crippen LogP contribution in [-0.2, 0) is 11.3 Å². The molecule has 0 aliphatic carbocycles. The van der Waals surface area contributed by atoms with Crippen molar-refractivity contribution in [2.45, 2.75) is 11.7 Å². The summed E-state index contributed by atoms with van der Waals surface area (Å²) in [5.41, 5.74) is 1.74. The first-order valence-corrected chi connectivity index (χ1v) is 11.3. The molecule has 34 heavy (non-hydrogen) atoms. The molecule has 0 radical (unpaired) electrons. The number of hydrogen-bond acceptors (Lipinski definition) is 6. The van der Waals surface area contributed by atoms with Gasteiger partial charge in [-0.05, 0) is 29.8 Å². The van der Waals surface area contributed by atoms with E-state index in [9.17, 15) is 13.6 Å². The molecule has 1 amide bonds. The number of anilines is 1. The van der Waals surface area contributed by atoms with Gasteiger partial charge in [-0.3, -0.25) is 9.36 Å². The number of hydrogen-bond donors (Lipinski definition) is 1. The lowest BCUT2D eigenvalue weighted by atomic mass is 10.2. The average Bonchev–Trinajstić information content (AvgIpc) is 3.47. The fraction of sp³-hybridized carbons (Fsp3) is 0.125. The minimum atomic E-state index is -0.837. The molecule has 172 valence electrons. The SMILES string of the molecule is O=C(CSc1nnc(-c2ccccc2)n1Cc1ccc2c(c1)OCO2)Nc1ccc(F)cc1F. The third-order valence-electron chi connectivity index (χ3n) is 5.06. The normalized spacial score (nSPS) is 12.1. The van der Waals surface area contributed by atoms with Crippen molar-refractivity contribution in [3.05, 3.63) is 83.9 Å². The molecule has 1 N–H and O–H groups in total. The summed E-state index contributed by atoms with van der Waals surface area (Å²) in [5.74, 6) is -0.0344. The van der Waals surface area contributed by atoms with E-state index in [1.807, 2.05) is 53.1 Å². The van der Waals surface area contributed by atoms with Gasteiger partial charge in [0.25, 0.3) is 0 Å². The standard InChI is InChI=1S/C24H18F2N4O3S/c25-17-7-8-19(18(26)11-17)27-22(31)13-34-24-29-28-23(16-4-2-1-3-5-16)30(24)12-15-6-9-20-21(10-15)33-14-32-20/h1-11H,12-14H2,(H,27,31). The molecule has 4 aromatic rings. The van der Waals surface area contributed by atoms with Crippen LogP contribution >= 0.6 is 11.8 Å². The fourth-order valence-corrected chi connectivity index (χ4v) is 4.21. The summed E-state index contributed by atoms with van der Waals surface area (Å²) in [5, 5.41) is 11.6. The maximum atomic E-state index is 13.9. The summed E-state index contributed by atoms with van der Waals surface area (Å²) >= 11 is 1.17. The van der Waals surface area contributed by atoms with Gasteiger partial charge < -0.3 is 14.8 Å². The van der Waals surface area contributed by atoms with Gasteiger partial charge in [-0.25, -0.2) is 8.78 Å². The van der Waals surface area contributed by atoms with Crippen molar-refractivity contribution < 1.29 is 23.0 Å². The third kappa shape index (κ3) is 4.72. The molecule has 0 saturated heterocycles. The van der Waals surface area contributed by atoms with Gasteiger partial charge in [0.15, 0.2) is 22.5 Å². The van der Waals surface area contributed by atoms with Crippen LogP contribution in [0.15, 0.2) is 71.9 Å². The highest BCUT2D eigenvalue weighted by Gasteiger charge is 2.19. The number of aromatic nitrogens is 3. The van der Waals surface area contributed by atoms with Crippen LogP contribution in [0.4, 0.5) is 14.5 Å². The number of fused-ring (bicyclic) bond motifs is 1. The van der Waals surface area contributed by atoms with E-state index < -0.39 is 17.5 Å². The minimum Gasteiger partial charge on any atom is -0.454 e. The highest BCUT2D eigenvalue weighted by atomic mass is 32.2. The van der Waals surface area contributed by atoms with E-state index in [4.69, 9.17) is 9.47 Å². The Bertz CT molecular complexity index is 1350. The quantitative estimate of drug-likeness (QED) is 0.386. The molecule has 5 rings (SSSR count). The van der Waals surface area contributed by atoms with Crippen molar-refractivity contribution in [3.8, 4) is 22.9 Å². The number of nitrogens with zero attached hydrogens (tertiary/aromatic N) is 3. The van der Waals surface area contributed by atoms with Gasteiger partial charge in [-0.2, -0.15) is 0 Å². The molecule has 2 heterocycles. The summed E-state index contributed by atoms with van der Waals surface area (Å²) in [6.45, 7) is 0.621. The Balaban J connectivity index is 1.37. The lowest BCUT2D eigenvalue weighted by Gasteiger charge is -2.11. The van der Waals surface area contributed by atoms with Gasteiger partial charge in [-0.1, -0.05) is 48.2 Å². The maximum absolute atomic E-state index is 13.9. The van der Waals surface area contributed by atoms with Gasteiger partial charge in [0.2, 0.25) is 12.7 Å². The second kappa shape index (κ2) is 9.52. The lowest BCUT2D eigenvalue weighted by Crippen LogP contribution is -2.16. The second-order valence-electron chi connectivity index (χ2n) is 7.41. The van der Waals surface area contributed by atoms with E-state index in [0.717, 1.165) is 23.3 Å². The molecule has 0 unspecified atom stereocenters. The number of thioether (sulfide) groups is 1. The van der Waals surface area contributed by atoms with Crippen LogP contribution in [0, 0.1) is 11.6 Å². The van der Waals surface area contributed by atoms with Crippen LogP contribution in [0.25, 0.3) is 11.4 Å². The van der Waals surface area contributed by atoms with E-state index in [1.54, 1.807) is 0 Å². The van der Waals surface area contributed by atoms with Gasteiger partial charge >= 0.3 is 0 Å². The van der Waals surface area contributed by atoms with Gasteiger partial charge in [0.05, 0.1) is 18.0 Å². The zero-order chi connectivity index (χ0) is 23.5. The molecule has 0 spiro atoms. The molecule has 1 aliphatic rings. The van der Waals surface area contributed by atoms with Gasteiger partial charge in [0, 0.05) is 11.6 Å². The number of carbonyl (C=O) groups excluding carboxylic acids is 1. The van der Waals surface area contributed by atoms with E-state index in [1.165, 1.54) is 17.8 Å². The number of ether oxygens (including phenoxy) is 2. The number of amides is 1. The van der Waals surface area contributed by atoms with Crippen LogP contribution in [0.5, 0.6) is 11.5 Å². The Morgan fingerprint density at radius 1 is 1.00 bits per heavy atom. The highest BCUT2D eigenvalue weighted by molar-refractivity contribution is 7.99. The fourth-order valence-electron chi connectivity index (χ4n) is 3.47. The summed E-state index contributed by atoms with van der Waals surface area (Å²) in [7, 11) is 0. The van der Waals surface area contributed by atoms with Crippen molar-refractivity contribution in [1.82, 2.24) is 14.8 Å². The molecular formula is C24H18F2N4O3S. The van der Waals surface area contributed by atoms with E-state index in [-0.39, 0.29) is 18.2 Å². The van der Waals surface area contributed by atoms with Crippen molar-refractivity contribution in [2.75, 3.05) is 17.9 Å². The smallest absolute Gasteiger partial charge is 0.234 e. The Kier molecular flexibility index (Phi) is 6.13. The average molecular weight is 480 g/mol. The first-order valence-electron chi connectivity index (χ1n) is 10.3. The Labute approximate surface area is 197 Å². The molecule has 10 heteroatoms. The number of rotatable bonds is 7. The van der Waals surface area contributed by atoms with Crippen molar-refractivity contribution in [2.24, 2.45) is 0 Å². The third-order valence-corrected chi connectivity index (χ3v) is 6.03. The topological polar surface area (TPSA) is 78.3 Å². The number of nitrogens with one attached hydrogen (secondary N) is 1. The van der Waals surface area contributed by atoms with E-state index >= 15 is 0 Å². The zero-order valence-electron chi connectivity index (χ0n) is 17.7. The number of carbonyl (C=O) groups is 1. The molecule has 7 nitrogen and oxygen atoms in total. The first kappa shape index (κ1) is 21.9. The maximum Gasteiger partial charge on any atom is 0.234 e. The largest absolute Gasteiger partial charge is 0.454 e. The monoisotopic (exact) mass is 480 g/mol. The Morgan fingerprint density at radius 2 is 1.82 bits per heavy atom. The van der Waals surface area contributed by atoms with E-state index in [0.29, 0.717) is 29.0 Å². The predicted octanol–water partition coefficient (Wildman–Crippen LogP) is 4.73. The Morgan fingerprint density at radius 3 is 2.65 bits per heavy atom. The van der Waals surface area contributed by atoms with E-state index in [2.05, 4.69) is 15.5 Å². The summed E-state index contributed by atoms with van der Waals surface area (Å²) < 4.78 is 39.7. The van der Waals surface area contributed by atoms with Crippen LogP contribution in [0.3, 0.4) is 0 Å². The number of halogens is 2. The van der Waals surface area contributed by atoms with Crippen LogP contribution in [0.1, 0.15) is 5.56 Å². The van der Waals surface area contributed by atoms with Gasteiger partial charge in [-0.15, -0.1) is 10.2 Å². The number of benzene rings is 3. The molecule has 0 atom stereocenters. The first-order chi connectivity index (χ1) is 16.6. The molecule has 1 aliphatic heterocycles. The van der Waals surface area contributed by atoms with Gasteiger partial charge in [0.1, 0.15) is 11.6 Å². The highest BCUT2D eigenvalue weighted by Crippen LogP contribution is 2.33. The summed E-state index contributed by atoms with van der Waals surface area (Å²) in [6.07, 6.45) is 0. The predicted molar refractivity (Wildman–Crippen MR) is 123 cm³/mol. The van der Waals surface area contributed by atoms with Crippen molar-refractivity contribution >= 4 is 23.4 Å². The molecular weight excluding hydrogens is 462 g/mol. The molecule has 1 aromatic heterocycles. The zero-order valence-corrected chi connectivity index (χ0v) is 18.5. The molecule has 0 fully saturated rings. The van der Waals surface area contributed by atoms with Crippen molar-refractivity contribution in [1.29, 1.82) is 0 Å². The molecule has 3 aromatic carbocycles. The minimum absolute atomic E-state index is 0.0368. The van der Waals surface area contributed by atoms with Crippen molar-refractivity contribution in [3.63, 3.8) is 0 Å².